The van der Waals surface area contributed by atoms with Crippen molar-refractivity contribution in [2.24, 2.45) is 0 Å². The number of aromatic nitrogens is 2. The summed E-state index contributed by atoms with van der Waals surface area (Å²) < 4.78 is 5.45. The average Bonchev–Trinajstić information content (AvgIpc) is 2.95. The zero-order valence-corrected chi connectivity index (χ0v) is 11.9. The summed E-state index contributed by atoms with van der Waals surface area (Å²) in [6, 6.07) is 11.0. The van der Waals surface area contributed by atoms with Crippen molar-refractivity contribution in [3.05, 3.63) is 47.6 Å². The SMILES string of the molecule is CC1CC(c2nc(CCc3ccccc3)no2)CCN1. The maximum absolute atomic E-state index is 5.45. The fourth-order valence-electron chi connectivity index (χ4n) is 2.79. The molecule has 2 aromatic rings. The maximum atomic E-state index is 5.45. The standard InChI is InChI=1S/C16H21N3O/c1-12-11-14(9-10-17-12)16-18-15(19-20-16)8-7-13-5-3-2-4-6-13/h2-6,12,14,17H,7-11H2,1H3. The number of hydrogen-bond donors (Lipinski definition) is 1. The van der Waals surface area contributed by atoms with Gasteiger partial charge < -0.3 is 9.84 Å². The molecule has 2 unspecified atom stereocenters. The average molecular weight is 271 g/mol. The molecule has 0 saturated carbocycles. The van der Waals surface area contributed by atoms with E-state index in [0.717, 1.165) is 43.9 Å². The number of nitrogens with zero attached hydrogens (tertiary/aromatic N) is 2. The second kappa shape index (κ2) is 6.18. The summed E-state index contributed by atoms with van der Waals surface area (Å²) in [6.07, 6.45) is 3.97. The van der Waals surface area contributed by atoms with E-state index < -0.39 is 0 Å². The summed E-state index contributed by atoms with van der Waals surface area (Å²) >= 11 is 0. The van der Waals surface area contributed by atoms with Crippen molar-refractivity contribution < 1.29 is 4.52 Å². The van der Waals surface area contributed by atoms with Crippen LogP contribution >= 0.6 is 0 Å². The summed E-state index contributed by atoms with van der Waals surface area (Å²) in [4.78, 5) is 4.58. The molecular formula is C16H21N3O. The minimum Gasteiger partial charge on any atom is -0.339 e. The molecule has 4 nitrogen and oxygen atoms in total. The topological polar surface area (TPSA) is 51.0 Å². The van der Waals surface area contributed by atoms with Crippen molar-refractivity contribution in [3.8, 4) is 0 Å². The Bertz CT molecular complexity index is 538. The van der Waals surface area contributed by atoms with E-state index in [1.165, 1.54) is 5.56 Å². The molecule has 1 aliphatic rings. The van der Waals surface area contributed by atoms with Gasteiger partial charge in [-0.05, 0) is 38.3 Å². The highest BCUT2D eigenvalue weighted by Crippen LogP contribution is 2.26. The number of aryl methyl sites for hydroxylation is 2. The Labute approximate surface area is 119 Å². The highest BCUT2D eigenvalue weighted by molar-refractivity contribution is 5.15. The van der Waals surface area contributed by atoms with Gasteiger partial charge in [-0.25, -0.2) is 0 Å². The lowest BCUT2D eigenvalue weighted by atomic mass is 9.93. The van der Waals surface area contributed by atoms with Crippen molar-refractivity contribution in [2.75, 3.05) is 6.54 Å². The summed E-state index contributed by atoms with van der Waals surface area (Å²) in [5.74, 6) is 2.07. The monoisotopic (exact) mass is 271 g/mol. The smallest absolute Gasteiger partial charge is 0.229 e. The van der Waals surface area contributed by atoms with Gasteiger partial charge in [-0.2, -0.15) is 4.98 Å². The van der Waals surface area contributed by atoms with Gasteiger partial charge >= 0.3 is 0 Å². The van der Waals surface area contributed by atoms with Crippen LogP contribution in [0.1, 0.15) is 43.0 Å². The Balaban J connectivity index is 1.59. The molecule has 0 amide bonds. The van der Waals surface area contributed by atoms with Crippen LogP contribution in [-0.4, -0.2) is 22.7 Å². The lowest BCUT2D eigenvalue weighted by Crippen LogP contribution is -2.34. The molecule has 1 N–H and O–H groups in total. The molecule has 20 heavy (non-hydrogen) atoms. The fraction of sp³-hybridized carbons (Fsp3) is 0.500. The van der Waals surface area contributed by atoms with Crippen LogP contribution in [0.5, 0.6) is 0 Å². The minimum atomic E-state index is 0.421. The molecule has 4 heteroatoms. The van der Waals surface area contributed by atoms with Crippen molar-refractivity contribution in [1.29, 1.82) is 0 Å². The van der Waals surface area contributed by atoms with Gasteiger partial charge in [-0.15, -0.1) is 0 Å². The second-order valence-electron chi connectivity index (χ2n) is 5.61. The van der Waals surface area contributed by atoms with E-state index in [1.807, 2.05) is 6.07 Å². The minimum absolute atomic E-state index is 0.421. The first kappa shape index (κ1) is 13.3. The van der Waals surface area contributed by atoms with Crippen LogP contribution < -0.4 is 5.32 Å². The Hall–Kier alpha value is -1.68. The normalized spacial score (nSPS) is 22.9. The summed E-state index contributed by atoms with van der Waals surface area (Å²) in [7, 11) is 0. The van der Waals surface area contributed by atoms with Gasteiger partial charge in [0.2, 0.25) is 5.89 Å². The van der Waals surface area contributed by atoms with E-state index in [1.54, 1.807) is 0 Å². The molecule has 106 valence electrons. The lowest BCUT2D eigenvalue weighted by Gasteiger charge is -2.25. The third-order valence-corrected chi connectivity index (χ3v) is 3.94. The Morgan fingerprint density at radius 2 is 2.10 bits per heavy atom. The molecule has 0 spiro atoms. The Morgan fingerprint density at radius 1 is 1.25 bits per heavy atom. The highest BCUT2D eigenvalue weighted by atomic mass is 16.5. The first-order valence-corrected chi connectivity index (χ1v) is 7.41. The van der Waals surface area contributed by atoms with Gasteiger partial charge in [0.15, 0.2) is 5.82 Å². The van der Waals surface area contributed by atoms with Crippen LogP contribution in [0.3, 0.4) is 0 Å². The van der Waals surface area contributed by atoms with Crippen LogP contribution in [0.15, 0.2) is 34.9 Å². The summed E-state index contributed by atoms with van der Waals surface area (Å²) in [6.45, 7) is 3.24. The number of nitrogens with one attached hydrogen (secondary N) is 1. The fourth-order valence-corrected chi connectivity index (χ4v) is 2.79. The van der Waals surface area contributed by atoms with E-state index in [-0.39, 0.29) is 0 Å². The van der Waals surface area contributed by atoms with Crippen molar-refractivity contribution in [3.63, 3.8) is 0 Å². The van der Waals surface area contributed by atoms with Crippen molar-refractivity contribution >= 4 is 0 Å². The molecule has 1 aliphatic heterocycles. The molecule has 0 aliphatic carbocycles. The third kappa shape index (κ3) is 3.25. The molecule has 1 aromatic heterocycles. The number of rotatable bonds is 4. The van der Waals surface area contributed by atoms with Gasteiger partial charge in [0.25, 0.3) is 0 Å². The van der Waals surface area contributed by atoms with Gasteiger partial charge in [0, 0.05) is 18.4 Å². The molecule has 3 rings (SSSR count). The molecule has 0 radical (unpaired) electrons. The van der Waals surface area contributed by atoms with E-state index in [4.69, 9.17) is 4.52 Å². The predicted octanol–water partition coefficient (Wildman–Crippen LogP) is 2.71. The number of hydrogen-bond acceptors (Lipinski definition) is 4. The molecule has 2 heterocycles. The van der Waals surface area contributed by atoms with Gasteiger partial charge in [-0.1, -0.05) is 35.5 Å². The highest BCUT2D eigenvalue weighted by Gasteiger charge is 2.24. The van der Waals surface area contributed by atoms with Crippen molar-refractivity contribution in [1.82, 2.24) is 15.5 Å². The zero-order valence-electron chi connectivity index (χ0n) is 11.9. The van der Waals surface area contributed by atoms with Gasteiger partial charge in [-0.3, -0.25) is 0 Å². The summed E-state index contributed by atoms with van der Waals surface area (Å²) in [5.41, 5.74) is 1.31. The molecule has 0 bridgehead atoms. The van der Waals surface area contributed by atoms with Crippen molar-refractivity contribution in [2.45, 2.75) is 44.6 Å². The van der Waals surface area contributed by atoms with Crippen LogP contribution in [0.4, 0.5) is 0 Å². The third-order valence-electron chi connectivity index (χ3n) is 3.94. The van der Waals surface area contributed by atoms with E-state index in [2.05, 4.69) is 46.6 Å². The first-order valence-electron chi connectivity index (χ1n) is 7.41. The number of piperidine rings is 1. The van der Waals surface area contributed by atoms with Gasteiger partial charge in [0.1, 0.15) is 0 Å². The molecule has 1 fully saturated rings. The zero-order chi connectivity index (χ0) is 13.8. The summed E-state index contributed by atoms with van der Waals surface area (Å²) in [5, 5.41) is 7.57. The van der Waals surface area contributed by atoms with E-state index >= 15 is 0 Å². The van der Waals surface area contributed by atoms with E-state index in [0.29, 0.717) is 12.0 Å². The molecular weight excluding hydrogens is 250 g/mol. The Kier molecular flexibility index (Phi) is 4.11. The first-order chi connectivity index (χ1) is 9.81. The molecule has 1 saturated heterocycles. The van der Waals surface area contributed by atoms with Crippen LogP contribution in [-0.2, 0) is 12.8 Å². The largest absolute Gasteiger partial charge is 0.339 e. The quantitative estimate of drug-likeness (QED) is 0.929. The van der Waals surface area contributed by atoms with Crippen LogP contribution in [0, 0.1) is 0 Å². The maximum Gasteiger partial charge on any atom is 0.229 e. The van der Waals surface area contributed by atoms with Crippen LogP contribution in [0.25, 0.3) is 0 Å². The van der Waals surface area contributed by atoms with E-state index in [9.17, 15) is 0 Å². The number of benzene rings is 1. The lowest BCUT2D eigenvalue weighted by molar-refractivity contribution is 0.294. The molecule has 2 atom stereocenters. The molecule has 1 aromatic carbocycles. The van der Waals surface area contributed by atoms with Crippen LogP contribution in [0.2, 0.25) is 0 Å². The Morgan fingerprint density at radius 3 is 2.90 bits per heavy atom. The second-order valence-corrected chi connectivity index (χ2v) is 5.61. The predicted molar refractivity (Wildman–Crippen MR) is 77.6 cm³/mol. The van der Waals surface area contributed by atoms with Gasteiger partial charge in [0.05, 0.1) is 0 Å².